The Balaban J connectivity index is 1.75. The fourth-order valence-electron chi connectivity index (χ4n) is 6.30. The first-order valence-corrected chi connectivity index (χ1v) is 16.6. The van der Waals surface area contributed by atoms with E-state index in [1.165, 1.54) is 12.6 Å². The average molecular weight is 574 g/mol. The van der Waals surface area contributed by atoms with Crippen molar-refractivity contribution in [3.63, 3.8) is 0 Å². The van der Waals surface area contributed by atoms with E-state index in [0.29, 0.717) is 56.1 Å². The number of benzene rings is 1. The zero-order valence-corrected chi connectivity index (χ0v) is 23.9. The van der Waals surface area contributed by atoms with Crippen molar-refractivity contribution in [2.75, 3.05) is 7.05 Å². The molecule has 1 aromatic carbocycles. The van der Waals surface area contributed by atoms with Crippen molar-refractivity contribution < 1.29 is 30.0 Å². The highest BCUT2D eigenvalue weighted by molar-refractivity contribution is 7.92. The van der Waals surface area contributed by atoms with Gasteiger partial charge in [0.15, 0.2) is 9.84 Å². The normalized spacial score (nSPS) is 25.9. The van der Waals surface area contributed by atoms with Gasteiger partial charge in [0.1, 0.15) is 0 Å². The predicted molar refractivity (Wildman–Crippen MR) is 142 cm³/mol. The van der Waals surface area contributed by atoms with Crippen LogP contribution in [0.4, 0.5) is 13.2 Å². The molecule has 3 unspecified atom stereocenters. The number of rotatable bonds is 6. The van der Waals surface area contributed by atoms with Gasteiger partial charge in [-0.3, -0.25) is 0 Å². The lowest BCUT2D eigenvalue weighted by Gasteiger charge is -2.35. The molecule has 38 heavy (non-hydrogen) atoms. The maximum Gasteiger partial charge on any atom is 0.416 e. The number of sulfonamides is 1. The van der Waals surface area contributed by atoms with Crippen LogP contribution >= 0.6 is 0 Å². The quantitative estimate of drug-likeness (QED) is 0.371. The fourth-order valence-corrected chi connectivity index (χ4v) is 9.74. The maximum atomic E-state index is 13.8. The van der Waals surface area contributed by atoms with Gasteiger partial charge in [0.2, 0.25) is 10.0 Å². The summed E-state index contributed by atoms with van der Waals surface area (Å²) in [5, 5.41) is -0.792. The molecular formula is C28H38F3NO4S2. The first kappa shape index (κ1) is 29.3. The van der Waals surface area contributed by atoms with Gasteiger partial charge in [-0.15, -0.1) is 0 Å². The zero-order valence-electron chi connectivity index (χ0n) is 22.3. The predicted octanol–water partition coefficient (Wildman–Crippen LogP) is 6.90. The molecule has 1 saturated carbocycles. The van der Waals surface area contributed by atoms with Crippen molar-refractivity contribution in [2.45, 2.75) is 105 Å². The number of likely N-dealkylation sites (N-methyl/N-ethyl adjacent to an activating group) is 1. The van der Waals surface area contributed by atoms with Gasteiger partial charge >= 0.3 is 6.18 Å². The second kappa shape index (κ2) is 11.1. The Hall–Kier alpha value is -1.65. The van der Waals surface area contributed by atoms with Crippen LogP contribution in [0.3, 0.4) is 0 Å². The number of hydrogen-bond donors (Lipinski definition) is 0. The SMILES string of the molecule is CCC1CCC2=C(C=CC1C)C(N(C)S(=O)(=O)c1cc(C(F)(F)F)cc(S(=O)(=O)C3CCCC3)c1)CCC2. The molecule has 0 aromatic heterocycles. The summed E-state index contributed by atoms with van der Waals surface area (Å²) >= 11 is 0. The van der Waals surface area contributed by atoms with Crippen LogP contribution in [0.15, 0.2) is 51.3 Å². The fraction of sp³-hybridized carbons (Fsp3) is 0.643. The van der Waals surface area contributed by atoms with Crippen LogP contribution in [0, 0.1) is 11.8 Å². The van der Waals surface area contributed by atoms with Gasteiger partial charge < -0.3 is 0 Å². The minimum absolute atomic E-state index is 0.338. The summed E-state index contributed by atoms with van der Waals surface area (Å²) in [6, 6.07) is 1.56. The number of nitrogens with zero attached hydrogens (tertiary/aromatic N) is 1. The Morgan fingerprint density at radius 1 is 0.921 bits per heavy atom. The van der Waals surface area contributed by atoms with E-state index < -0.39 is 52.7 Å². The van der Waals surface area contributed by atoms with Crippen molar-refractivity contribution in [1.29, 1.82) is 0 Å². The third-order valence-electron chi connectivity index (χ3n) is 8.78. The molecule has 0 bridgehead atoms. The van der Waals surface area contributed by atoms with Crippen LogP contribution in [-0.4, -0.2) is 39.5 Å². The summed E-state index contributed by atoms with van der Waals surface area (Å²) in [6.45, 7) is 4.33. The van der Waals surface area contributed by atoms with Crippen LogP contribution < -0.4 is 0 Å². The summed E-state index contributed by atoms with van der Waals surface area (Å²) in [5.41, 5.74) is 0.866. The largest absolute Gasteiger partial charge is 0.416 e. The van der Waals surface area contributed by atoms with Crippen LogP contribution in [0.2, 0.25) is 0 Å². The maximum absolute atomic E-state index is 13.8. The van der Waals surface area contributed by atoms with E-state index in [9.17, 15) is 30.0 Å². The molecule has 3 aliphatic rings. The van der Waals surface area contributed by atoms with Gasteiger partial charge in [-0.25, -0.2) is 16.8 Å². The van der Waals surface area contributed by atoms with Gasteiger partial charge in [0.25, 0.3) is 0 Å². The Morgan fingerprint density at radius 3 is 2.21 bits per heavy atom. The molecule has 0 saturated heterocycles. The van der Waals surface area contributed by atoms with E-state index in [2.05, 4.69) is 19.9 Å². The molecular weight excluding hydrogens is 535 g/mol. The van der Waals surface area contributed by atoms with E-state index in [1.54, 1.807) is 0 Å². The van der Waals surface area contributed by atoms with Crippen molar-refractivity contribution >= 4 is 19.9 Å². The summed E-state index contributed by atoms with van der Waals surface area (Å²) < 4.78 is 96.7. The second-order valence-corrected chi connectivity index (χ2v) is 15.3. The van der Waals surface area contributed by atoms with Crippen LogP contribution in [0.25, 0.3) is 0 Å². The average Bonchev–Trinajstić information content (AvgIpc) is 3.41. The lowest BCUT2D eigenvalue weighted by molar-refractivity contribution is -0.137. The Bertz CT molecular complexity index is 1310. The highest BCUT2D eigenvalue weighted by Crippen LogP contribution is 2.40. The molecule has 1 aromatic rings. The van der Waals surface area contributed by atoms with Crippen molar-refractivity contribution in [3.05, 3.63) is 47.1 Å². The molecule has 0 aliphatic heterocycles. The molecule has 0 spiro atoms. The molecule has 3 atom stereocenters. The van der Waals surface area contributed by atoms with Crippen molar-refractivity contribution in [3.8, 4) is 0 Å². The molecule has 10 heteroatoms. The Kier molecular flexibility index (Phi) is 8.56. The highest BCUT2D eigenvalue weighted by Gasteiger charge is 2.39. The third-order valence-corrected chi connectivity index (χ3v) is 12.9. The standard InChI is InChI=1S/C28H38F3NO4S2/c1-4-20-13-14-21-8-7-11-27(26(21)15-12-19(20)2)32(3)38(35,36)25-17-22(28(29,30)31)16-24(18-25)37(33,34)23-9-5-6-10-23/h12,15-20,23,27H,4-11,13-14H2,1-3H3. The summed E-state index contributed by atoms with van der Waals surface area (Å²) in [6.07, 6.45) is 6.51. The zero-order chi connectivity index (χ0) is 27.9. The molecule has 4 rings (SSSR count). The number of hydrogen-bond acceptors (Lipinski definition) is 4. The van der Waals surface area contributed by atoms with Crippen LogP contribution in [-0.2, 0) is 26.0 Å². The molecule has 212 valence electrons. The van der Waals surface area contributed by atoms with E-state index in [0.717, 1.165) is 48.0 Å². The second-order valence-electron chi connectivity index (χ2n) is 11.1. The monoisotopic (exact) mass is 573 g/mol. The van der Waals surface area contributed by atoms with Gasteiger partial charge in [-0.05, 0) is 80.6 Å². The Morgan fingerprint density at radius 2 is 1.58 bits per heavy atom. The summed E-state index contributed by atoms with van der Waals surface area (Å²) in [5.74, 6) is 0.887. The van der Waals surface area contributed by atoms with Crippen molar-refractivity contribution in [2.24, 2.45) is 11.8 Å². The van der Waals surface area contributed by atoms with Gasteiger partial charge in [0.05, 0.1) is 20.6 Å². The lowest BCUT2D eigenvalue weighted by Crippen LogP contribution is -2.40. The number of sulfone groups is 1. The number of alkyl halides is 3. The van der Waals surface area contributed by atoms with Gasteiger partial charge in [0, 0.05) is 13.1 Å². The molecule has 0 N–H and O–H groups in total. The van der Waals surface area contributed by atoms with E-state index in [-0.39, 0.29) is 0 Å². The molecule has 0 amide bonds. The lowest BCUT2D eigenvalue weighted by atomic mass is 9.78. The minimum Gasteiger partial charge on any atom is -0.223 e. The van der Waals surface area contributed by atoms with E-state index in [4.69, 9.17) is 0 Å². The molecule has 5 nitrogen and oxygen atoms in total. The molecule has 0 heterocycles. The van der Waals surface area contributed by atoms with E-state index in [1.807, 2.05) is 6.08 Å². The summed E-state index contributed by atoms with van der Waals surface area (Å²) in [7, 11) is -7.13. The minimum atomic E-state index is -4.89. The number of allylic oxidation sites excluding steroid dienone is 2. The van der Waals surface area contributed by atoms with E-state index >= 15 is 0 Å². The number of halogens is 3. The third kappa shape index (κ3) is 5.77. The van der Waals surface area contributed by atoms with Crippen LogP contribution in [0.1, 0.15) is 83.6 Å². The molecule has 1 fully saturated rings. The van der Waals surface area contributed by atoms with Crippen LogP contribution in [0.5, 0.6) is 0 Å². The Labute approximate surface area is 225 Å². The smallest absolute Gasteiger partial charge is 0.223 e. The van der Waals surface area contributed by atoms with Gasteiger partial charge in [-0.2, -0.15) is 17.5 Å². The molecule has 3 aliphatic carbocycles. The first-order chi connectivity index (χ1) is 17.8. The molecule has 0 radical (unpaired) electrons. The van der Waals surface area contributed by atoms with Crippen molar-refractivity contribution in [1.82, 2.24) is 4.31 Å². The highest BCUT2D eigenvalue weighted by atomic mass is 32.2. The van der Waals surface area contributed by atoms with Gasteiger partial charge in [-0.1, -0.05) is 50.8 Å². The summed E-state index contributed by atoms with van der Waals surface area (Å²) in [4.78, 5) is -1.20. The first-order valence-electron chi connectivity index (χ1n) is 13.6. The topological polar surface area (TPSA) is 71.5 Å².